The lowest BCUT2D eigenvalue weighted by Crippen LogP contribution is -2.23. The van der Waals surface area contributed by atoms with Gasteiger partial charge >= 0.3 is 0 Å². The van der Waals surface area contributed by atoms with Gasteiger partial charge in [0.15, 0.2) is 11.6 Å². The zero-order valence-corrected chi connectivity index (χ0v) is 18.1. The zero-order chi connectivity index (χ0) is 21.7. The van der Waals surface area contributed by atoms with Crippen molar-refractivity contribution in [3.8, 4) is 5.69 Å². The van der Waals surface area contributed by atoms with Gasteiger partial charge in [-0.25, -0.2) is 0 Å². The van der Waals surface area contributed by atoms with Crippen LogP contribution in [-0.4, -0.2) is 21.9 Å². The molecule has 0 fully saturated rings. The minimum Gasteiger partial charge on any atom is -0.310 e. The SMILES string of the molecule is Cc1c(C(=O)c2ccccc2)c2c(n1-c1ccc(Br)cc1)C(=O)c1ccccc1C2=O. The first kappa shape index (κ1) is 19.4. The highest BCUT2D eigenvalue weighted by Gasteiger charge is 2.39. The smallest absolute Gasteiger partial charge is 0.211 e. The summed E-state index contributed by atoms with van der Waals surface area (Å²) in [6, 6.07) is 23.0. The Hall–Kier alpha value is -3.57. The first-order chi connectivity index (χ1) is 15.0. The molecule has 3 aromatic carbocycles. The van der Waals surface area contributed by atoms with Gasteiger partial charge in [-0.05, 0) is 31.2 Å². The number of halogens is 1. The van der Waals surface area contributed by atoms with Gasteiger partial charge in [-0.1, -0.05) is 70.5 Å². The van der Waals surface area contributed by atoms with Crippen molar-refractivity contribution < 1.29 is 14.4 Å². The first-order valence-corrected chi connectivity index (χ1v) is 10.6. The van der Waals surface area contributed by atoms with Gasteiger partial charge in [0.1, 0.15) is 5.69 Å². The summed E-state index contributed by atoms with van der Waals surface area (Å²) in [6.45, 7) is 1.78. The van der Waals surface area contributed by atoms with E-state index in [4.69, 9.17) is 0 Å². The average Bonchev–Trinajstić information content (AvgIpc) is 3.11. The molecule has 0 radical (unpaired) electrons. The van der Waals surface area contributed by atoms with Crippen LogP contribution < -0.4 is 0 Å². The summed E-state index contributed by atoms with van der Waals surface area (Å²) in [4.78, 5) is 40.6. The fourth-order valence-corrected chi connectivity index (χ4v) is 4.46. The highest BCUT2D eigenvalue weighted by Crippen LogP contribution is 2.36. The molecule has 31 heavy (non-hydrogen) atoms. The van der Waals surface area contributed by atoms with Crippen LogP contribution in [0.2, 0.25) is 0 Å². The predicted octanol–water partition coefficient (Wildman–Crippen LogP) is 5.55. The number of hydrogen-bond acceptors (Lipinski definition) is 3. The van der Waals surface area contributed by atoms with Crippen LogP contribution >= 0.6 is 15.9 Å². The molecule has 0 amide bonds. The fourth-order valence-electron chi connectivity index (χ4n) is 4.19. The molecular weight excluding hydrogens is 454 g/mol. The van der Waals surface area contributed by atoms with Crippen molar-refractivity contribution in [1.29, 1.82) is 0 Å². The molecule has 1 aromatic heterocycles. The van der Waals surface area contributed by atoms with Crippen LogP contribution in [0.4, 0.5) is 0 Å². The molecule has 4 aromatic rings. The van der Waals surface area contributed by atoms with Crippen LogP contribution in [0.5, 0.6) is 0 Å². The van der Waals surface area contributed by atoms with Crippen molar-refractivity contribution >= 4 is 33.3 Å². The molecule has 4 nitrogen and oxygen atoms in total. The average molecular weight is 470 g/mol. The van der Waals surface area contributed by atoms with Gasteiger partial charge < -0.3 is 4.57 Å². The second-order valence-electron chi connectivity index (χ2n) is 7.39. The Morgan fingerprint density at radius 2 is 1.35 bits per heavy atom. The van der Waals surface area contributed by atoms with Crippen LogP contribution in [0.15, 0.2) is 83.3 Å². The Bertz CT molecular complexity index is 1380. The number of hydrogen-bond donors (Lipinski definition) is 0. The minimum absolute atomic E-state index is 0.179. The number of aromatic nitrogens is 1. The number of carbonyl (C=O) groups excluding carboxylic acids is 3. The summed E-state index contributed by atoms with van der Waals surface area (Å²) in [7, 11) is 0. The summed E-state index contributed by atoms with van der Waals surface area (Å²) in [6.07, 6.45) is 0. The van der Waals surface area contributed by atoms with Crippen LogP contribution in [0.3, 0.4) is 0 Å². The van der Waals surface area contributed by atoms with E-state index in [1.54, 1.807) is 60.0 Å². The second-order valence-corrected chi connectivity index (χ2v) is 8.31. The highest BCUT2D eigenvalue weighted by molar-refractivity contribution is 9.10. The molecule has 5 rings (SSSR count). The van der Waals surface area contributed by atoms with Crippen molar-refractivity contribution in [3.63, 3.8) is 0 Å². The molecule has 0 atom stereocenters. The lowest BCUT2D eigenvalue weighted by Gasteiger charge is -2.18. The summed E-state index contributed by atoms with van der Waals surface area (Å²) >= 11 is 3.43. The number of benzene rings is 3. The van der Waals surface area contributed by atoms with Crippen molar-refractivity contribution in [2.45, 2.75) is 6.92 Å². The first-order valence-electron chi connectivity index (χ1n) is 9.78. The van der Waals surface area contributed by atoms with Gasteiger partial charge in [0.05, 0.1) is 11.1 Å². The summed E-state index contributed by atoms with van der Waals surface area (Å²) in [5.41, 5.74) is 3.13. The Balaban J connectivity index is 1.85. The van der Waals surface area contributed by atoms with Gasteiger partial charge in [-0.3, -0.25) is 14.4 Å². The van der Waals surface area contributed by atoms with Gasteiger partial charge in [0.2, 0.25) is 5.78 Å². The number of carbonyl (C=O) groups is 3. The van der Waals surface area contributed by atoms with Crippen molar-refractivity contribution in [2.75, 3.05) is 0 Å². The van der Waals surface area contributed by atoms with Gasteiger partial charge in [0.25, 0.3) is 0 Å². The number of nitrogens with zero attached hydrogens (tertiary/aromatic N) is 1. The third-order valence-corrected chi connectivity index (χ3v) is 6.14. The molecule has 0 saturated carbocycles. The molecule has 1 aliphatic rings. The molecule has 0 spiro atoms. The summed E-state index contributed by atoms with van der Waals surface area (Å²) < 4.78 is 2.62. The standard InChI is InChI=1S/C26H16BrNO3/c1-15-21(24(29)16-7-3-2-4-8-16)22-23(28(15)18-13-11-17(27)12-14-18)26(31)20-10-6-5-9-19(20)25(22)30/h2-14H,1H3. The third-order valence-electron chi connectivity index (χ3n) is 5.61. The highest BCUT2D eigenvalue weighted by atomic mass is 79.9. The quantitative estimate of drug-likeness (QED) is 0.325. The van der Waals surface area contributed by atoms with Crippen molar-refractivity contribution in [3.05, 3.63) is 123 Å². The Morgan fingerprint density at radius 1 is 0.774 bits per heavy atom. The molecule has 5 heteroatoms. The molecule has 150 valence electrons. The van der Waals surface area contributed by atoms with Crippen molar-refractivity contribution in [1.82, 2.24) is 4.57 Å². The Kier molecular flexibility index (Phi) is 4.56. The van der Waals surface area contributed by atoms with E-state index in [1.807, 2.05) is 30.3 Å². The predicted molar refractivity (Wildman–Crippen MR) is 121 cm³/mol. The number of ketones is 3. The van der Waals surface area contributed by atoms with Crippen molar-refractivity contribution in [2.24, 2.45) is 0 Å². The zero-order valence-electron chi connectivity index (χ0n) is 16.6. The van der Waals surface area contributed by atoms with Gasteiger partial charge in [0, 0.05) is 32.5 Å². The van der Waals surface area contributed by atoms with Crippen LogP contribution in [0, 0.1) is 6.92 Å². The Morgan fingerprint density at radius 3 is 2.00 bits per heavy atom. The van der Waals surface area contributed by atoms with Gasteiger partial charge in [-0.2, -0.15) is 0 Å². The lowest BCUT2D eigenvalue weighted by molar-refractivity contribution is 0.0970. The molecule has 0 bridgehead atoms. The van der Waals surface area contributed by atoms with E-state index in [2.05, 4.69) is 15.9 Å². The van der Waals surface area contributed by atoms with Crippen LogP contribution in [0.25, 0.3) is 5.69 Å². The largest absolute Gasteiger partial charge is 0.310 e. The maximum absolute atomic E-state index is 13.5. The summed E-state index contributed by atoms with van der Waals surface area (Å²) in [5.74, 6) is -0.836. The van der Waals surface area contributed by atoms with Crippen LogP contribution in [-0.2, 0) is 0 Å². The van der Waals surface area contributed by atoms with E-state index >= 15 is 0 Å². The third kappa shape index (κ3) is 2.93. The fraction of sp³-hybridized carbons (Fsp3) is 0.0385. The van der Waals surface area contributed by atoms with E-state index in [0.717, 1.165) is 4.47 Å². The molecule has 0 unspecified atom stereocenters. The maximum atomic E-state index is 13.5. The molecule has 0 N–H and O–H groups in total. The molecular formula is C26H16BrNO3. The minimum atomic E-state index is -0.302. The topological polar surface area (TPSA) is 56.1 Å². The van der Waals surface area contributed by atoms with E-state index in [9.17, 15) is 14.4 Å². The summed E-state index contributed by atoms with van der Waals surface area (Å²) in [5, 5.41) is 0. The van der Waals surface area contributed by atoms with E-state index in [0.29, 0.717) is 28.1 Å². The van der Waals surface area contributed by atoms with Crippen LogP contribution in [0.1, 0.15) is 53.6 Å². The monoisotopic (exact) mass is 469 g/mol. The van der Waals surface area contributed by atoms with E-state index in [-0.39, 0.29) is 34.2 Å². The number of fused-ring (bicyclic) bond motifs is 2. The Labute approximate surface area is 187 Å². The maximum Gasteiger partial charge on any atom is 0.211 e. The second kappa shape index (κ2) is 7.29. The molecule has 0 saturated heterocycles. The normalized spacial score (nSPS) is 12.5. The van der Waals surface area contributed by atoms with Gasteiger partial charge in [-0.15, -0.1) is 0 Å². The van der Waals surface area contributed by atoms with E-state index in [1.165, 1.54) is 0 Å². The number of rotatable bonds is 3. The molecule has 1 aliphatic carbocycles. The molecule has 1 heterocycles. The molecule has 0 aliphatic heterocycles. The van der Waals surface area contributed by atoms with E-state index < -0.39 is 0 Å². The lowest BCUT2D eigenvalue weighted by atomic mass is 9.84.